The molecule has 0 aliphatic carbocycles. The lowest BCUT2D eigenvalue weighted by atomic mass is 10.3. The number of carbonyl (C=O) groups is 1. The summed E-state index contributed by atoms with van der Waals surface area (Å²) in [6.45, 7) is 2.85. The molecular formula is C19H21N5O2S. The molecule has 0 unspecified atom stereocenters. The monoisotopic (exact) mass is 383 g/mol. The summed E-state index contributed by atoms with van der Waals surface area (Å²) >= 11 is 1.36. The molecule has 0 saturated heterocycles. The van der Waals surface area contributed by atoms with Crippen LogP contribution >= 0.6 is 11.8 Å². The predicted octanol–water partition coefficient (Wildman–Crippen LogP) is 3.49. The molecule has 8 heteroatoms. The highest BCUT2D eigenvalue weighted by molar-refractivity contribution is 7.99. The minimum Gasteiger partial charge on any atom is -0.497 e. The van der Waals surface area contributed by atoms with Gasteiger partial charge in [0.05, 0.1) is 12.9 Å². The summed E-state index contributed by atoms with van der Waals surface area (Å²) in [5.74, 6) is 1.54. The molecule has 0 atom stereocenters. The van der Waals surface area contributed by atoms with E-state index < -0.39 is 0 Å². The smallest absolute Gasteiger partial charge is 0.234 e. The first-order valence-electron chi connectivity index (χ1n) is 8.62. The Morgan fingerprint density at radius 3 is 2.85 bits per heavy atom. The molecule has 1 N–H and O–H groups in total. The molecule has 27 heavy (non-hydrogen) atoms. The van der Waals surface area contributed by atoms with Crippen LogP contribution in [0.1, 0.15) is 13.3 Å². The number of nitrogens with zero attached hydrogens (tertiary/aromatic N) is 4. The van der Waals surface area contributed by atoms with E-state index in [1.165, 1.54) is 11.8 Å². The summed E-state index contributed by atoms with van der Waals surface area (Å²) in [6.07, 6.45) is 2.66. The van der Waals surface area contributed by atoms with Gasteiger partial charge >= 0.3 is 0 Å². The molecule has 2 heterocycles. The molecule has 0 radical (unpaired) electrons. The molecule has 140 valence electrons. The maximum absolute atomic E-state index is 12.3. The minimum absolute atomic E-state index is 0.112. The van der Waals surface area contributed by atoms with E-state index in [1.54, 1.807) is 19.4 Å². The molecule has 3 aromatic rings. The van der Waals surface area contributed by atoms with E-state index in [2.05, 4.69) is 27.4 Å². The number of hydrogen-bond donors (Lipinski definition) is 1. The van der Waals surface area contributed by atoms with Gasteiger partial charge in [0, 0.05) is 24.5 Å². The molecular weight excluding hydrogens is 362 g/mol. The maximum atomic E-state index is 12.3. The van der Waals surface area contributed by atoms with Crippen LogP contribution in [0.2, 0.25) is 0 Å². The SMILES string of the molecule is CCCn1c(SCC(=O)Nc2cccc(OC)c2)nnc1-c1ccccn1. The molecule has 0 saturated carbocycles. The van der Waals surface area contributed by atoms with E-state index in [0.29, 0.717) is 22.4 Å². The number of aromatic nitrogens is 4. The molecule has 1 amide bonds. The van der Waals surface area contributed by atoms with Gasteiger partial charge in [-0.2, -0.15) is 0 Å². The van der Waals surface area contributed by atoms with Crippen LogP contribution in [0.3, 0.4) is 0 Å². The summed E-state index contributed by atoms with van der Waals surface area (Å²) in [4.78, 5) is 16.6. The zero-order chi connectivity index (χ0) is 19.1. The Labute approximate surface area is 162 Å². The van der Waals surface area contributed by atoms with Gasteiger partial charge < -0.3 is 14.6 Å². The van der Waals surface area contributed by atoms with Crippen LogP contribution in [0.15, 0.2) is 53.8 Å². The van der Waals surface area contributed by atoms with E-state index in [-0.39, 0.29) is 11.7 Å². The first-order chi connectivity index (χ1) is 13.2. The van der Waals surface area contributed by atoms with Crippen LogP contribution in [0.4, 0.5) is 5.69 Å². The third-order valence-electron chi connectivity index (χ3n) is 3.74. The van der Waals surface area contributed by atoms with Crippen LogP contribution in [0.25, 0.3) is 11.5 Å². The zero-order valence-electron chi connectivity index (χ0n) is 15.3. The van der Waals surface area contributed by atoms with Crippen LogP contribution in [-0.2, 0) is 11.3 Å². The lowest BCUT2D eigenvalue weighted by molar-refractivity contribution is -0.113. The van der Waals surface area contributed by atoms with Crippen molar-refractivity contribution in [1.82, 2.24) is 19.7 Å². The summed E-state index contributed by atoms with van der Waals surface area (Å²) in [5, 5.41) is 12.1. The molecule has 0 fully saturated rings. The standard InChI is InChI=1S/C19H21N5O2S/c1-3-11-24-18(16-9-4-5-10-20-16)22-23-19(24)27-13-17(25)21-14-7-6-8-15(12-14)26-2/h4-10,12H,3,11,13H2,1-2H3,(H,21,25). The van der Waals surface area contributed by atoms with Crippen molar-refractivity contribution in [3.63, 3.8) is 0 Å². The van der Waals surface area contributed by atoms with E-state index in [1.807, 2.05) is 41.0 Å². The predicted molar refractivity (Wildman–Crippen MR) is 106 cm³/mol. The van der Waals surface area contributed by atoms with E-state index in [0.717, 1.165) is 18.7 Å². The minimum atomic E-state index is -0.112. The van der Waals surface area contributed by atoms with Crippen molar-refractivity contribution in [3.8, 4) is 17.3 Å². The average Bonchev–Trinajstić information content (AvgIpc) is 3.10. The number of hydrogen-bond acceptors (Lipinski definition) is 6. The molecule has 3 rings (SSSR count). The summed E-state index contributed by atoms with van der Waals surface area (Å²) in [7, 11) is 1.59. The highest BCUT2D eigenvalue weighted by atomic mass is 32.2. The van der Waals surface area contributed by atoms with Gasteiger partial charge in [0.15, 0.2) is 11.0 Å². The van der Waals surface area contributed by atoms with Crippen LogP contribution in [-0.4, -0.2) is 38.5 Å². The maximum Gasteiger partial charge on any atom is 0.234 e. The van der Waals surface area contributed by atoms with Gasteiger partial charge in [-0.1, -0.05) is 30.8 Å². The second-order valence-corrected chi connectivity index (χ2v) is 6.68. The van der Waals surface area contributed by atoms with Gasteiger partial charge in [0.1, 0.15) is 11.4 Å². The lowest BCUT2D eigenvalue weighted by Gasteiger charge is -2.09. The van der Waals surface area contributed by atoms with E-state index in [9.17, 15) is 4.79 Å². The van der Waals surface area contributed by atoms with Crippen molar-refractivity contribution in [1.29, 1.82) is 0 Å². The third-order valence-corrected chi connectivity index (χ3v) is 4.71. The quantitative estimate of drug-likeness (QED) is 0.600. The Morgan fingerprint density at radius 2 is 2.11 bits per heavy atom. The fourth-order valence-electron chi connectivity index (χ4n) is 2.53. The fourth-order valence-corrected chi connectivity index (χ4v) is 3.30. The number of methoxy groups -OCH3 is 1. The summed E-state index contributed by atoms with van der Waals surface area (Å²) < 4.78 is 7.17. The van der Waals surface area contributed by atoms with Crippen molar-refractivity contribution < 1.29 is 9.53 Å². The first-order valence-corrected chi connectivity index (χ1v) is 9.61. The fraction of sp³-hybridized carbons (Fsp3) is 0.263. The van der Waals surface area contributed by atoms with Gasteiger partial charge in [-0.05, 0) is 30.7 Å². The molecule has 0 bridgehead atoms. The second-order valence-electron chi connectivity index (χ2n) is 5.74. The topological polar surface area (TPSA) is 81.9 Å². The van der Waals surface area contributed by atoms with Crippen molar-refractivity contribution in [2.24, 2.45) is 0 Å². The Morgan fingerprint density at radius 1 is 1.22 bits per heavy atom. The molecule has 2 aromatic heterocycles. The number of thioether (sulfide) groups is 1. The van der Waals surface area contributed by atoms with Gasteiger partial charge in [-0.3, -0.25) is 9.78 Å². The van der Waals surface area contributed by atoms with Gasteiger partial charge in [0.2, 0.25) is 5.91 Å². The Hall–Kier alpha value is -2.87. The van der Waals surface area contributed by atoms with Crippen LogP contribution in [0.5, 0.6) is 5.75 Å². The Kier molecular flexibility index (Phi) is 6.43. The van der Waals surface area contributed by atoms with Crippen molar-refractivity contribution in [2.75, 3.05) is 18.2 Å². The number of pyridine rings is 1. The number of amides is 1. The average molecular weight is 383 g/mol. The van der Waals surface area contributed by atoms with E-state index >= 15 is 0 Å². The number of rotatable bonds is 8. The number of carbonyl (C=O) groups excluding carboxylic acids is 1. The number of anilines is 1. The number of benzene rings is 1. The molecule has 7 nitrogen and oxygen atoms in total. The number of nitrogens with one attached hydrogen (secondary N) is 1. The van der Waals surface area contributed by atoms with Crippen molar-refractivity contribution in [2.45, 2.75) is 25.0 Å². The zero-order valence-corrected chi connectivity index (χ0v) is 16.1. The van der Waals surface area contributed by atoms with Crippen LogP contribution in [0, 0.1) is 0 Å². The Balaban J connectivity index is 1.68. The molecule has 0 aliphatic heterocycles. The number of ether oxygens (including phenoxy) is 1. The summed E-state index contributed by atoms with van der Waals surface area (Å²) in [6, 6.07) is 12.9. The largest absolute Gasteiger partial charge is 0.497 e. The van der Waals surface area contributed by atoms with Crippen molar-refractivity contribution in [3.05, 3.63) is 48.7 Å². The van der Waals surface area contributed by atoms with Gasteiger partial charge in [-0.25, -0.2) is 0 Å². The highest BCUT2D eigenvalue weighted by Crippen LogP contribution is 2.23. The third kappa shape index (κ3) is 4.85. The summed E-state index contributed by atoms with van der Waals surface area (Å²) in [5.41, 5.74) is 1.47. The molecule has 1 aromatic carbocycles. The lowest BCUT2D eigenvalue weighted by Crippen LogP contribution is -2.14. The molecule has 0 spiro atoms. The van der Waals surface area contributed by atoms with Gasteiger partial charge in [0.25, 0.3) is 0 Å². The van der Waals surface area contributed by atoms with Crippen LogP contribution < -0.4 is 10.1 Å². The van der Waals surface area contributed by atoms with E-state index in [4.69, 9.17) is 4.74 Å². The second kappa shape index (κ2) is 9.18. The molecule has 0 aliphatic rings. The normalized spacial score (nSPS) is 10.6. The highest BCUT2D eigenvalue weighted by Gasteiger charge is 2.16. The van der Waals surface area contributed by atoms with Gasteiger partial charge in [-0.15, -0.1) is 10.2 Å². The Bertz CT molecular complexity index is 898. The first kappa shape index (κ1) is 18.9. The van der Waals surface area contributed by atoms with Crippen molar-refractivity contribution >= 4 is 23.4 Å².